The third kappa shape index (κ3) is 2.48. The lowest BCUT2D eigenvalue weighted by molar-refractivity contribution is 0.455. The smallest absolute Gasteiger partial charge is 0.234 e. The van der Waals surface area contributed by atoms with Crippen molar-refractivity contribution in [3.63, 3.8) is 0 Å². The highest BCUT2D eigenvalue weighted by molar-refractivity contribution is 9.10. The predicted octanol–water partition coefficient (Wildman–Crippen LogP) is 4.14. The van der Waals surface area contributed by atoms with Crippen LogP contribution in [0.3, 0.4) is 0 Å². The van der Waals surface area contributed by atoms with Gasteiger partial charge >= 0.3 is 0 Å². The summed E-state index contributed by atoms with van der Waals surface area (Å²) in [5.74, 6) is 1.35. The van der Waals surface area contributed by atoms with E-state index in [-0.39, 0.29) is 0 Å². The fourth-order valence-electron chi connectivity index (χ4n) is 1.56. The Balaban J connectivity index is 2.40. The zero-order chi connectivity index (χ0) is 13.3. The normalized spacial score (nSPS) is 10.4. The lowest BCUT2D eigenvalue weighted by Gasteiger charge is -2.12. The Bertz CT molecular complexity index is 597. The maximum atomic E-state index is 5.84. The number of rotatable bonds is 2. The van der Waals surface area contributed by atoms with Gasteiger partial charge in [0.2, 0.25) is 5.88 Å². The van der Waals surface area contributed by atoms with Crippen LogP contribution in [-0.2, 0) is 0 Å². The van der Waals surface area contributed by atoms with E-state index in [1.165, 1.54) is 0 Å². The standard InChI is InChI=1S/C14H15BrN2O/c1-8-4-5-9(2)12(6-8)18-14-13(15)10(3)11(16)7-17-14/h4-7H,16H2,1-3H3. The van der Waals surface area contributed by atoms with Crippen LogP contribution in [-0.4, -0.2) is 4.98 Å². The van der Waals surface area contributed by atoms with Gasteiger partial charge in [-0.1, -0.05) is 12.1 Å². The highest BCUT2D eigenvalue weighted by Gasteiger charge is 2.11. The minimum absolute atomic E-state index is 0.537. The van der Waals surface area contributed by atoms with Crippen molar-refractivity contribution in [2.24, 2.45) is 0 Å². The van der Waals surface area contributed by atoms with Crippen molar-refractivity contribution >= 4 is 21.6 Å². The van der Waals surface area contributed by atoms with E-state index in [4.69, 9.17) is 10.5 Å². The number of anilines is 1. The van der Waals surface area contributed by atoms with E-state index < -0.39 is 0 Å². The number of benzene rings is 1. The van der Waals surface area contributed by atoms with Gasteiger partial charge in [0.05, 0.1) is 16.4 Å². The van der Waals surface area contributed by atoms with E-state index >= 15 is 0 Å². The second-order valence-corrected chi connectivity index (χ2v) is 5.12. The number of aromatic nitrogens is 1. The molecule has 1 heterocycles. The number of nitrogens with two attached hydrogens (primary N) is 1. The van der Waals surface area contributed by atoms with Crippen molar-refractivity contribution in [2.75, 3.05) is 5.73 Å². The van der Waals surface area contributed by atoms with E-state index in [2.05, 4.69) is 27.0 Å². The number of halogens is 1. The third-order valence-corrected chi connectivity index (χ3v) is 3.76. The van der Waals surface area contributed by atoms with Gasteiger partial charge in [0.1, 0.15) is 5.75 Å². The summed E-state index contributed by atoms with van der Waals surface area (Å²) in [7, 11) is 0. The van der Waals surface area contributed by atoms with Crippen molar-refractivity contribution in [2.45, 2.75) is 20.8 Å². The van der Waals surface area contributed by atoms with Gasteiger partial charge in [-0.05, 0) is 59.5 Å². The van der Waals surface area contributed by atoms with E-state index in [0.29, 0.717) is 11.6 Å². The van der Waals surface area contributed by atoms with Crippen LogP contribution in [0.1, 0.15) is 16.7 Å². The number of hydrogen-bond acceptors (Lipinski definition) is 3. The van der Waals surface area contributed by atoms with Crippen molar-refractivity contribution in [3.05, 3.63) is 45.6 Å². The third-order valence-electron chi connectivity index (χ3n) is 2.82. The largest absolute Gasteiger partial charge is 0.438 e. The number of hydrogen-bond donors (Lipinski definition) is 1. The Labute approximate surface area is 115 Å². The van der Waals surface area contributed by atoms with E-state index in [1.54, 1.807) is 6.20 Å². The first-order valence-corrected chi connectivity index (χ1v) is 6.44. The Hall–Kier alpha value is -1.55. The highest BCUT2D eigenvalue weighted by Crippen LogP contribution is 2.33. The molecule has 2 rings (SSSR count). The molecule has 94 valence electrons. The first-order valence-electron chi connectivity index (χ1n) is 5.64. The number of nitrogen functional groups attached to an aromatic ring is 1. The molecule has 0 aliphatic rings. The molecule has 2 aromatic rings. The van der Waals surface area contributed by atoms with E-state index in [0.717, 1.165) is 26.9 Å². The average molecular weight is 307 g/mol. The minimum atomic E-state index is 0.537. The molecule has 3 nitrogen and oxygen atoms in total. The summed E-state index contributed by atoms with van der Waals surface area (Å²) in [6, 6.07) is 6.08. The number of ether oxygens (including phenoxy) is 1. The zero-order valence-electron chi connectivity index (χ0n) is 10.6. The molecule has 0 bridgehead atoms. The Morgan fingerprint density at radius 3 is 2.67 bits per heavy atom. The van der Waals surface area contributed by atoms with Gasteiger partial charge in [0.15, 0.2) is 0 Å². The monoisotopic (exact) mass is 306 g/mol. The topological polar surface area (TPSA) is 48.1 Å². The highest BCUT2D eigenvalue weighted by atomic mass is 79.9. The molecule has 0 saturated carbocycles. The van der Waals surface area contributed by atoms with Crippen LogP contribution >= 0.6 is 15.9 Å². The van der Waals surface area contributed by atoms with Crippen LogP contribution in [0.4, 0.5) is 5.69 Å². The molecule has 2 N–H and O–H groups in total. The maximum Gasteiger partial charge on any atom is 0.234 e. The molecular formula is C14H15BrN2O. The summed E-state index contributed by atoms with van der Waals surface area (Å²) < 4.78 is 6.64. The van der Waals surface area contributed by atoms with Crippen LogP contribution in [0.15, 0.2) is 28.9 Å². The summed E-state index contributed by atoms with van der Waals surface area (Å²) in [5, 5.41) is 0. The predicted molar refractivity (Wildman–Crippen MR) is 77.1 cm³/mol. The molecule has 1 aromatic heterocycles. The van der Waals surface area contributed by atoms with Crippen LogP contribution < -0.4 is 10.5 Å². The molecule has 0 saturated heterocycles. The zero-order valence-corrected chi connectivity index (χ0v) is 12.2. The summed E-state index contributed by atoms with van der Waals surface area (Å²) in [4.78, 5) is 4.21. The van der Waals surface area contributed by atoms with E-state index in [9.17, 15) is 0 Å². The first kappa shape index (κ1) is 12.9. The Kier molecular flexibility index (Phi) is 3.57. The first-order chi connectivity index (χ1) is 8.49. The fraction of sp³-hybridized carbons (Fsp3) is 0.214. The molecule has 0 amide bonds. The van der Waals surface area contributed by atoms with Gasteiger partial charge in [-0.15, -0.1) is 0 Å². The molecule has 0 atom stereocenters. The van der Waals surface area contributed by atoms with Crippen LogP contribution in [0.25, 0.3) is 0 Å². The van der Waals surface area contributed by atoms with Gasteiger partial charge in [-0.3, -0.25) is 0 Å². The summed E-state index contributed by atoms with van der Waals surface area (Å²) >= 11 is 3.46. The van der Waals surface area contributed by atoms with Crippen LogP contribution in [0, 0.1) is 20.8 Å². The van der Waals surface area contributed by atoms with Gasteiger partial charge in [-0.25, -0.2) is 4.98 Å². The van der Waals surface area contributed by atoms with Crippen molar-refractivity contribution in [1.82, 2.24) is 4.98 Å². The van der Waals surface area contributed by atoms with Gasteiger partial charge < -0.3 is 10.5 Å². The fourth-order valence-corrected chi connectivity index (χ4v) is 1.97. The molecule has 0 aliphatic heterocycles. The van der Waals surface area contributed by atoms with Gasteiger partial charge in [0.25, 0.3) is 0 Å². The molecule has 0 unspecified atom stereocenters. The molecule has 0 radical (unpaired) electrons. The lowest BCUT2D eigenvalue weighted by atomic mass is 10.1. The molecule has 0 spiro atoms. The van der Waals surface area contributed by atoms with Crippen molar-refractivity contribution in [1.29, 1.82) is 0 Å². The number of nitrogens with zero attached hydrogens (tertiary/aromatic N) is 1. The second-order valence-electron chi connectivity index (χ2n) is 4.33. The van der Waals surface area contributed by atoms with Crippen LogP contribution in [0.2, 0.25) is 0 Å². The van der Waals surface area contributed by atoms with E-state index in [1.807, 2.05) is 32.9 Å². The summed E-state index contributed by atoms with van der Waals surface area (Å²) in [6.07, 6.45) is 1.61. The second kappa shape index (κ2) is 4.98. The molecule has 0 fully saturated rings. The summed E-state index contributed by atoms with van der Waals surface area (Å²) in [5.41, 5.74) is 9.60. The molecular weight excluding hydrogens is 292 g/mol. The lowest BCUT2D eigenvalue weighted by Crippen LogP contribution is -1.97. The van der Waals surface area contributed by atoms with Crippen LogP contribution in [0.5, 0.6) is 11.6 Å². The molecule has 0 aliphatic carbocycles. The number of pyridine rings is 1. The quantitative estimate of drug-likeness (QED) is 0.907. The minimum Gasteiger partial charge on any atom is -0.438 e. The Morgan fingerprint density at radius 1 is 1.22 bits per heavy atom. The maximum absolute atomic E-state index is 5.84. The Morgan fingerprint density at radius 2 is 1.94 bits per heavy atom. The molecule has 4 heteroatoms. The average Bonchev–Trinajstić information content (AvgIpc) is 2.34. The molecule has 18 heavy (non-hydrogen) atoms. The van der Waals surface area contributed by atoms with Gasteiger partial charge in [0, 0.05) is 0 Å². The SMILES string of the molecule is Cc1ccc(C)c(Oc2ncc(N)c(C)c2Br)c1. The van der Waals surface area contributed by atoms with Crippen molar-refractivity contribution in [3.8, 4) is 11.6 Å². The molecule has 1 aromatic carbocycles. The summed E-state index contributed by atoms with van der Waals surface area (Å²) in [6.45, 7) is 5.97. The van der Waals surface area contributed by atoms with Gasteiger partial charge in [-0.2, -0.15) is 0 Å². The van der Waals surface area contributed by atoms with Crippen molar-refractivity contribution < 1.29 is 4.74 Å². The number of aryl methyl sites for hydroxylation is 2.